The third kappa shape index (κ3) is 5.88. The molecule has 0 unspecified atom stereocenters. The molecule has 4 heteroatoms. The number of carbonyl (C=O) groups is 2. The van der Waals surface area contributed by atoms with Crippen molar-refractivity contribution in [2.75, 3.05) is 0 Å². The van der Waals surface area contributed by atoms with Gasteiger partial charge in [-0.15, -0.1) is 0 Å². The molecule has 1 fully saturated rings. The molecule has 0 saturated heterocycles. The Labute approximate surface area is 132 Å². The van der Waals surface area contributed by atoms with E-state index >= 15 is 0 Å². The molecule has 2 rings (SSSR count). The average molecular weight is 306 g/mol. The Hall–Kier alpha value is -1.84. The first-order valence-corrected chi connectivity index (χ1v) is 7.82. The summed E-state index contributed by atoms with van der Waals surface area (Å²) >= 11 is 0. The van der Waals surface area contributed by atoms with E-state index in [0.717, 1.165) is 12.8 Å². The summed E-state index contributed by atoms with van der Waals surface area (Å²) < 4.78 is 0. The minimum absolute atomic E-state index is 0.332. The Morgan fingerprint density at radius 2 is 1.45 bits per heavy atom. The SMILES string of the molecule is Cc1cc(C)c(CC(=O)C2CCCCC2)c(C)c1.O=C(O)O. The van der Waals surface area contributed by atoms with E-state index in [0.29, 0.717) is 18.1 Å². The third-order valence-corrected chi connectivity index (χ3v) is 4.25. The number of Topliss-reactive ketones (excluding diaryl/α,β-unsaturated/α-hetero) is 1. The molecule has 1 aliphatic rings. The fourth-order valence-electron chi connectivity index (χ4n) is 3.23. The van der Waals surface area contributed by atoms with Gasteiger partial charge in [-0.3, -0.25) is 4.79 Å². The zero-order valence-electron chi connectivity index (χ0n) is 13.7. The predicted octanol–water partition coefficient (Wildman–Crippen LogP) is 4.53. The van der Waals surface area contributed by atoms with Crippen LogP contribution < -0.4 is 0 Å². The Bertz CT molecular complexity index is 501. The lowest BCUT2D eigenvalue weighted by Crippen LogP contribution is -2.20. The monoisotopic (exact) mass is 306 g/mol. The minimum Gasteiger partial charge on any atom is -0.450 e. The molecule has 0 aliphatic heterocycles. The molecular weight excluding hydrogens is 280 g/mol. The molecule has 0 radical (unpaired) electrons. The highest BCUT2D eigenvalue weighted by Gasteiger charge is 2.22. The van der Waals surface area contributed by atoms with Gasteiger partial charge in [0.25, 0.3) is 0 Å². The van der Waals surface area contributed by atoms with Gasteiger partial charge in [0.2, 0.25) is 0 Å². The van der Waals surface area contributed by atoms with E-state index in [4.69, 9.17) is 15.0 Å². The lowest BCUT2D eigenvalue weighted by atomic mass is 9.83. The number of hydrogen-bond acceptors (Lipinski definition) is 2. The molecule has 1 aliphatic carbocycles. The lowest BCUT2D eigenvalue weighted by Gasteiger charge is -2.21. The molecule has 0 aromatic heterocycles. The molecule has 22 heavy (non-hydrogen) atoms. The maximum atomic E-state index is 12.4. The van der Waals surface area contributed by atoms with Gasteiger partial charge >= 0.3 is 6.16 Å². The summed E-state index contributed by atoms with van der Waals surface area (Å²) in [5, 5.41) is 13.9. The van der Waals surface area contributed by atoms with Gasteiger partial charge in [-0.1, -0.05) is 37.0 Å². The summed E-state index contributed by atoms with van der Waals surface area (Å²) in [4.78, 5) is 20.9. The normalized spacial score (nSPS) is 14.9. The van der Waals surface area contributed by atoms with Crippen molar-refractivity contribution in [1.29, 1.82) is 0 Å². The molecule has 0 bridgehead atoms. The second kappa shape index (κ2) is 8.57. The second-order valence-electron chi connectivity index (χ2n) is 6.14. The van der Waals surface area contributed by atoms with Gasteiger partial charge in [0.15, 0.2) is 0 Å². The summed E-state index contributed by atoms with van der Waals surface area (Å²) in [5.74, 6) is 0.795. The maximum absolute atomic E-state index is 12.4. The molecule has 4 nitrogen and oxygen atoms in total. The molecular formula is C18H26O4. The van der Waals surface area contributed by atoms with E-state index in [-0.39, 0.29) is 0 Å². The number of carboxylic acid groups (broad SMARTS) is 2. The van der Waals surface area contributed by atoms with Crippen LogP contribution in [0.4, 0.5) is 4.79 Å². The standard InChI is InChI=1S/C17H24O.CH2O3/c1-12-9-13(2)16(14(3)10-12)11-17(18)15-7-5-4-6-8-15;2-1(3)4/h9-10,15H,4-8,11H2,1-3H3;(H2,2,3,4). The number of ketones is 1. The van der Waals surface area contributed by atoms with E-state index < -0.39 is 6.16 Å². The van der Waals surface area contributed by atoms with E-state index in [1.165, 1.54) is 41.5 Å². The van der Waals surface area contributed by atoms with Crippen LogP contribution >= 0.6 is 0 Å². The summed E-state index contributed by atoms with van der Waals surface area (Å²) in [6.07, 6.45) is 4.82. The topological polar surface area (TPSA) is 74.6 Å². The fraction of sp³-hybridized carbons (Fsp3) is 0.556. The first-order valence-electron chi connectivity index (χ1n) is 7.82. The van der Waals surface area contributed by atoms with E-state index in [2.05, 4.69) is 32.9 Å². The quantitative estimate of drug-likeness (QED) is 0.860. The highest BCUT2D eigenvalue weighted by Crippen LogP contribution is 2.27. The average Bonchev–Trinajstić information content (AvgIpc) is 2.43. The van der Waals surface area contributed by atoms with Gasteiger partial charge in [-0.05, 0) is 50.3 Å². The largest absolute Gasteiger partial charge is 0.503 e. The van der Waals surface area contributed by atoms with E-state index in [9.17, 15) is 4.79 Å². The Balaban J connectivity index is 0.000000541. The van der Waals surface area contributed by atoms with E-state index in [1.54, 1.807) is 0 Å². The molecule has 1 saturated carbocycles. The minimum atomic E-state index is -1.83. The van der Waals surface area contributed by atoms with Crippen molar-refractivity contribution in [3.05, 3.63) is 34.4 Å². The van der Waals surface area contributed by atoms with Crippen LogP contribution in [0.2, 0.25) is 0 Å². The van der Waals surface area contributed by atoms with Crippen molar-refractivity contribution >= 4 is 11.9 Å². The number of carbonyl (C=O) groups excluding carboxylic acids is 1. The maximum Gasteiger partial charge on any atom is 0.503 e. The van der Waals surface area contributed by atoms with Crippen LogP contribution in [0.15, 0.2) is 12.1 Å². The zero-order valence-corrected chi connectivity index (χ0v) is 13.7. The van der Waals surface area contributed by atoms with Crippen molar-refractivity contribution in [3.8, 4) is 0 Å². The number of benzene rings is 1. The van der Waals surface area contributed by atoms with Gasteiger partial charge in [-0.25, -0.2) is 4.79 Å². The molecule has 0 spiro atoms. The number of hydrogen-bond donors (Lipinski definition) is 2. The molecule has 0 atom stereocenters. The van der Waals surface area contributed by atoms with Crippen LogP contribution in [0.5, 0.6) is 0 Å². The van der Waals surface area contributed by atoms with Gasteiger partial charge < -0.3 is 10.2 Å². The highest BCUT2D eigenvalue weighted by atomic mass is 16.6. The predicted molar refractivity (Wildman–Crippen MR) is 86.6 cm³/mol. The zero-order chi connectivity index (χ0) is 16.7. The molecule has 0 amide bonds. The van der Waals surface area contributed by atoms with Crippen molar-refractivity contribution in [2.45, 2.75) is 59.3 Å². The van der Waals surface area contributed by atoms with Crippen molar-refractivity contribution < 1.29 is 19.8 Å². The molecule has 122 valence electrons. The van der Waals surface area contributed by atoms with Gasteiger partial charge in [0.1, 0.15) is 5.78 Å². The Morgan fingerprint density at radius 3 is 1.91 bits per heavy atom. The van der Waals surface area contributed by atoms with Crippen LogP contribution in [0.1, 0.15) is 54.4 Å². The molecule has 1 aromatic carbocycles. The van der Waals surface area contributed by atoms with Crippen LogP contribution in [-0.4, -0.2) is 22.2 Å². The van der Waals surface area contributed by atoms with Crippen molar-refractivity contribution in [2.24, 2.45) is 5.92 Å². The summed E-state index contributed by atoms with van der Waals surface area (Å²) in [5.41, 5.74) is 5.10. The Kier molecular flexibility index (Phi) is 7.09. The number of rotatable bonds is 3. The van der Waals surface area contributed by atoms with Crippen molar-refractivity contribution in [1.82, 2.24) is 0 Å². The smallest absolute Gasteiger partial charge is 0.450 e. The molecule has 1 aromatic rings. The van der Waals surface area contributed by atoms with E-state index in [1.807, 2.05) is 0 Å². The third-order valence-electron chi connectivity index (χ3n) is 4.25. The summed E-state index contributed by atoms with van der Waals surface area (Å²) in [7, 11) is 0. The highest BCUT2D eigenvalue weighted by molar-refractivity contribution is 5.84. The van der Waals surface area contributed by atoms with Crippen molar-refractivity contribution in [3.63, 3.8) is 0 Å². The van der Waals surface area contributed by atoms with Gasteiger partial charge in [-0.2, -0.15) is 0 Å². The van der Waals surface area contributed by atoms with Crippen LogP contribution in [0.3, 0.4) is 0 Å². The summed E-state index contributed by atoms with van der Waals surface area (Å²) in [6.45, 7) is 6.37. The van der Waals surface area contributed by atoms with Crippen LogP contribution in [-0.2, 0) is 11.2 Å². The Morgan fingerprint density at radius 1 is 1.00 bits per heavy atom. The molecule has 0 heterocycles. The van der Waals surface area contributed by atoms with Crippen LogP contribution in [0, 0.1) is 26.7 Å². The van der Waals surface area contributed by atoms with Gasteiger partial charge in [0, 0.05) is 12.3 Å². The van der Waals surface area contributed by atoms with Gasteiger partial charge in [0.05, 0.1) is 0 Å². The molecule has 2 N–H and O–H groups in total. The second-order valence-corrected chi connectivity index (χ2v) is 6.14. The first-order chi connectivity index (χ1) is 10.3. The fourth-order valence-corrected chi connectivity index (χ4v) is 3.23. The lowest BCUT2D eigenvalue weighted by molar-refractivity contribution is -0.123. The summed E-state index contributed by atoms with van der Waals surface area (Å²) in [6, 6.07) is 4.38. The first kappa shape index (κ1) is 18.2. The van der Waals surface area contributed by atoms with Crippen LogP contribution in [0.25, 0.3) is 0 Å². The number of aryl methyl sites for hydroxylation is 3.